The topological polar surface area (TPSA) is 80.7 Å². The summed E-state index contributed by atoms with van der Waals surface area (Å²) < 4.78 is 85.9. The lowest BCUT2D eigenvalue weighted by atomic mass is 9.89. The Balaban J connectivity index is 2.32. The summed E-state index contributed by atoms with van der Waals surface area (Å²) >= 11 is 0. The molecule has 0 bridgehead atoms. The molecule has 0 heterocycles. The van der Waals surface area contributed by atoms with Crippen LogP contribution in [0.1, 0.15) is 51.4 Å². The van der Waals surface area contributed by atoms with E-state index in [1.807, 2.05) is 0 Å². The van der Waals surface area contributed by atoms with Crippen molar-refractivity contribution in [2.45, 2.75) is 62.5 Å². The van der Waals surface area contributed by atoms with Gasteiger partial charge in [-0.3, -0.25) is 9.35 Å². The first kappa shape index (κ1) is 20.1. The lowest BCUT2D eigenvalue weighted by molar-refractivity contribution is -0.165. The zero-order chi connectivity index (χ0) is 17.7. The first-order valence-corrected chi connectivity index (χ1v) is 8.82. The van der Waals surface area contributed by atoms with Gasteiger partial charge in [-0.15, -0.1) is 0 Å². The number of carbonyl (C=O) groups excluding carboxylic acids is 1. The van der Waals surface area contributed by atoms with Crippen molar-refractivity contribution in [2.24, 2.45) is 5.92 Å². The highest BCUT2D eigenvalue weighted by molar-refractivity contribution is 7.87. The summed E-state index contributed by atoms with van der Waals surface area (Å²) in [5, 5.41) is -5.54. The maximum absolute atomic E-state index is 13.2. The van der Waals surface area contributed by atoms with Crippen molar-refractivity contribution >= 4 is 16.1 Å². The quantitative estimate of drug-likeness (QED) is 0.309. The van der Waals surface area contributed by atoms with Crippen molar-refractivity contribution in [2.75, 3.05) is 6.61 Å². The lowest BCUT2D eigenvalue weighted by Gasteiger charge is -2.23. The Morgan fingerprint density at radius 2 is 1.65 bits per heavy atom. The zero-order valence-corrected chi connectivity index (χ0v) is 13.3. The lowest BCUT2D eigenvalue weighted by Crippen LogP contribution is -2.46. The predicted octanol–water partition coefficient (Wildman–Crippen LogP) is 3.40. The summed E-state index contributed by atoms with van der Waals surface area (Å²) in [5.74, 6) is -5.51. The van der Waals surface area contributed by atoms with Gasteiger partial charge in [-0.2, -0.15) is 26.0 Å². The Labute approximate surface area is 132 Å². The van der Waals surface area contributed by atoms with Crippen molar-refractivity contribution in [1.29, 1.82) is 0 Å². The summed E-state index contributed by atoms with van der Waals surface area (Å²) in [6.07, 6.45) is 2.33. The molecule has 0 spiro atoms. The van der Waals surface area contributed by atoms with Crippen LogP contribution in [0.5, 0.6) is 0 Å². The number of rotatable bonds is 8. The summed E-state index contributed by atoms with van der Waals surface area (Å²) in [6, 6.07) is 0. The Bertz CT molecular complexity index is 500. The van der Waals surface area contributed by atoms with Crippen LogP contribution < -0.4 is 0 Å². The number of esters is 1. The van der Waals surface area contributed by atoms with Crippen LogP contribution in [0.4, 0.5) is 17.6 Å². The molecule has 5 nitrogen and oxygen atoms in total. The molecule has 0 aromatic carbocycles. The van der Waals surface area contributed by atoms with Crippen molar-refractivity contribution in [3.63, 3.8) is 0 Å². The third-order valence-electron chi connectivity index (χ3n) is 3.82. The summed E-state index contributed by atoms with van der Waals surface area (Å²) in [6.45, 7) is -0.192. The van der Waals surface area contributed by atoms with Crippen LogP contribution in [0.3, 0.4) is 0 Å². The van der Waals surface area contributed by atoms with Crippen LogP contribution >= 0.6 is 0 Å². The monoisotopic (exact) mass is 364 g/mol. The molecule has 136 valence electrons. The third-order valence-corrected chi connectivity index (χ3v) is 4.76. The molecule has 1 saturated carbocycles. The van der Waals surface area contributed by atoms with Crippen LogP contribution in [0, 0.1) is 5.92 Å². The van der Waals surface area contributed by atoms with Crippen molar-refractivity contribution < 1.29 is 40.1 Å². The molecule has 1 aliphatic rings. The summed E-state index contributed by atoms with van der Waals surface area (Å²) in [4.78, 5) is 11.6. The van der Waals surface area contributed by atoms with Crippen molar-refractivity contribution in [1.82, 2.24) is 0 Å². The third kappa shape index (κ3) is 5.30. The number of alkyl halides is 4. The molecule has 1 rings (SSSR count). The van der Waals surface area contributed by atoms with Gasteiger partial charge in [0.15, 0.2) is 0 Å². The zero-order valence-electron chi connectivity index (χ0n) is 12.4. The molecular formula is C13H20F4O5S. The van der Waals surface area contributed by atoms with E-state index in [1.165, 1.54) is 0 Å². The van der Waals surface area contributed by atoms with Gasteiger partial charge in [-0.05, 0) is 25.7 Å². The van der Waals surface area contributed by atoms with Gasteiger partial charge >= 0.3 is 27.3 Å². The van der Waals surface area contributed by atoms with E-state index in [9.17, 15) is 30.8 Å². The fraction of sp³-hybridized carbons (Fsp3) is 0.923. The molecule has 0 aromatic rings. The molecule has 0 saturated heterocycles. The second-order valence-corrected chi connectivity index (χ2v) is 7.12. The van der Waals surface area contributed by atoms with Gasteiger partial charge in [0.2, 0.25) is 0 Å². The highest BCUT2D eigenvalue weighted by atomic mass is 32.2. The predicted molar refractivity (Wildman–Crippen MR) is 72.8 cm³/mol. The minimum atomic E-state index is -6.20. The average molecular weight is 364 g/mol. The summed E-state index contributed by atoms with van der Waals surface area (Å²) in [7, 11) is -6.20. The standard InChI is InChI=1S/C13H20F4O5S/c14-12(15,13(16,17)23(19,20)21)8-4-5-9-22-11(18)10-6-2-1-3-7-10/h10H,1-9H2,(H,19,20,21). The number of ether oxygens (including phenoxy) is 1. The van der Waals surface area contributed by atoms with E-state index >= 15 is 0 Å². The Morgan fingerprint density at radius 3 is 2.17 bits per heavy atom. The van der Waals surface area contributed by atoms with Crippen LogP contribution in [-0.4, -0.2) is 36.7 Å². The van der Waals surface area contributed by atoms with Gasteiger partial charge in [0.1, 0.15) is 0 Å². The van der Waals surface area contributed by atoms with Gasteiger partial charge in [-0.1, -0.05) is 19.3 Å². The molecule has 0 aliphatic heterocycles. The molecule has 23 heavy (non-hydrogen) atoms. The summed E-state index contributed by atoms with van der Waals surface area (Å²) in [5.41, 5.74) is 0. The maximum Gasteiger partial charge on any atom is 0.431 e. The number of unbranched alkanes of at least 4 members (excludes halogenated alkanes) is 1. The number of halogens is 4. The Morgan fingerprint density at radius 1 is 1.09 bits per heavy atom. The van der Waals surface area contributed by atoms with E-state index in [2.05, 4.69) is 0 Å². The minimum absolute atomic E-state index is 0.102. The van der Waals surface area contributed by atoms with E-state index in [0.717, 1.165) is 32.1 Å². The van der Waals surface area contributed by atoms with Gasteiger partial charge in [0.25, 0.3) is 0 Å². The van der Waals surface area contributed by atoms with E-state index in [4.69, 9.17) is 9.29 Å². The maximum atomic E-state index is 13.2. The van der Waals surface area contributed by atoms with Gasteiger partial charge < -0.3 is 4.74 Å². The molecule has 1 N–H and O–H groups in total. The molecule has 0 aromatic heterocycles. The Kier molecular flexibility index (Phi) is 6.81. The van der Waals surface area contributed by atoms with E-state index in [0.29, 0.717) is 0 Å². The molecule has 0 atom stereocenters. The Hall–Kier alpha value is -0.900. The van der Waals surface area contributed by atoms with E-state index in [1.54, 1.807) is 0 Å². The molecule has 0 radical (unpaired) electrons. The number of carbonyl (C=O) groups is 1. The van der Waals surface area contributed by atoms with Crippen LogP contribution in [0.15, 0.2) is 0 Å². The van der Waals surface area contributed by atoms with E-state index in [-0.39, 0.29) is 18.9 Å². The van der Waals surface area contributed by atoms with E-state index < -0.39 is 40.1 Å². The van der Waals surface area contributed by atoms with Crippen molar-refractivity contribution in [3.05, 3.63) is 0 Å². The first-order chi connectivity index (χ1) is 10.5. The number of hydrogen-bond donors (Lipinski definition) is 1. The van der Waals surface area contributed by atoms with Crippen molar-refractivity contribution in [3.8, 4) is 0 Å². The highest BCUT2D eigenvalue weighted by Gasteiger charge is 2.64. The normalized spacial score (nSPS) is 18.0. The average Bonchev–Trinajstić information content (AvgIpc) is 2.46. The second-order valence-electron chi connectivity index (χ2n) is 5.66. The molecule has 1 aliphatic carbocycles. The molecular weight excluding hydrogens is 344 g/mol. The smallest absolute Gasteiger partial charge is 0.431 e. The van der Waals surface area contributed by atoms with Gasteiger partial charge in [0.05, 0.1) is 12.5 Å². The largest absolute Gasteiger partial charge is 0.465 e. The van der Waals surface area contributed by atoms with Gasteiger partial charge in [-0.25, -0.2) is 0 Å². The molecule has 0 unspecified atom stereocenters. The SMILES string of the molecule is O=C(OCCCCC(F)(F)C(F)(F)S(=O)(=O)O)C1CCCCC1. The highest BCUT2D eigenvalue weighted by Crippen LogP contribution is 2.41. The molecule has 10 heteroatoms. The fourth-order valence-corrected chi connectivity index (χ4v) is 2.89. The van der Waals surface area contributed by atoms with Crippen LogP contribution in [-0.2, 0) is 19.6 Å². The molecule has 0 amide bonds. The molecule has 1 fully saturated rings. The first-order valence-electron chi connectivity index (χ1n) is 7.38. The second kappa shape index (κ2) is 7.78. The fourth-order valence-electron chi connectivity index (χ4n) is 2.41. The minimum Gasteiger partial charge on any atom is -0.465 e. The number of hydrogen-bond acceptors (Lipinski definition) is 4. The van der Waals surface area contributed by atoms with Gasteiger partial charge in [0, 0.05) is 6.42 Å². The van der Waals surface area contributed by atoms with Crippen LogP contribution in [0.25, 0.3) is 0 Å². The van der Waals surface area contributed by atoms with Crippen LogP contribution in [0.2, 0.25) is 0 Å².